The molecule has 1 N–H and O–H groups in total. The van der Waals surface area contributed by atoms with Gasteiger partial charge in [-0.2, -0.15) is 5.26 Å². The number of hydrogen-bond acceptors (Lipinski definition) is 3. The molecule has 0 amide bonds. The first-order valence-electron chi connectivity index (χ1n) is 4.48. The Morgan fingerprint density at radius 3 is 3.15 bits per heavy atom. The molecule has 1 fully saturated rings. The predicted molar refractivity (Wildman–Crippen MR) is 50.2 cm³/mol. The summed E-state index contributed by atoms with van der Waals surface area (Å²) >= 11 is 0. The minimum Gasteiger partial charge on any atom is -0.385 e. The van der Waals surface area contributed by atoms with Crippen molar-refractivity contribution >= 4 is 5.69 Å². The molecule has 66 valence electrons. The minimum absolute atomic E-state index is 0.473. The van der Waals surface area contributed by atoms with E-state index in [0.29, 0.717) is 5.69 Å². The highest BCUT2D eigenvalue weighted by Crippen LogP contribution is 2.28. The minimum atomic E-state index is 0.473. The first kappa shape index (κ1) is 8.06. The molecular formula is C10H11N3. The molecule has 0 unspecified atom stereocenters. The van der Waals surface area contributed by atoms with Crippen LogP contribution in [0.4, 0.5) is 5.69 Å². The summed E-state index contributed by atoms with van der Waals surface area (Å²) in [5.74, 6) is 0.846. The zero-order valence-electron chi connectivity index (χ0n) is 7.33. The number of aromatic nitrogens is 1. The first-order chi connectivity index (χ1) is 6.38. The fourth-order valence-corrected chi connectivity index (χ4v) is 1.19. The van der Waals surface area contributed by atoms with Crippen LogP contribution >= 0.6 is 0 Å². The lowest BCUT2D eigenvalue weighted by atomic mass is 10.3. The van der Waals surface area contributed by atoms with E-state index in [2.05, 4.69) is 10.3 Å². The van der Waals surface area contributed by atoms with Crippen LogP contribution < -0.4 is 5.32 Å². The van der Waals surface area contributed by atoms with Crippen LogP contribution in [0.25, 0.3) is 0 Å². The molecule has 0 saturated heterocycles. The molecule has 0 spiro atoms. The lowest BCUT2D eigenvalue weighted by molar-refractivity contribution is 0.888. The van der Waals surface area contributed by atoms with Crippen LogP contribution in [0.2, 0.25) is 0 Å². The maximum Gasteiger partial charge on any atom is 0.142 e. The summed E-state index contributed by atoms with van der Waals surface area (Å²) in [7, 11) is 0. The smallest absolute Gasteiger partial charge is 0.142 e. The monoisotopic (exact) mass is 173 g/mol. The second-order valence-corrected chi connectivity index (χ2v) is 3.37. The maximum absolute atomic E-state index is 8.61. The fraction of sp³-hybridized carbons (Fsp3) is 0.400. The molecule has 3 nitrogen and oxygen atoms in total. The third kappa shape index (κ3) is 2.19. The normalized spacial score (nSPS) is 15.0. The van der Waals surface area contributed by atoms with Crippen LogP contribution in [0.1, 0.15) is 18.5 Å². The van der Waals surface area contributed by atoms with Crippen LogP contribution in [-0.2, 0) is 0 Å². The fourth-order valence-electron chi connectivity index (χ4n) is 1.19. The topological polar surface area (TPSA) is 48.7 Å². The van der Waals surface area contributed by atoms with Gasteiger partial charge in [0.1, 0.15) is 11.8 Å². The van der Waals surface area contributed by atoms with Gasteiger partial charge in [0.05, 0.1) is 0 Å². The van der Waals surface area contributed by atoms with Crippen molar-refractivity contribution in [3.05, 3.63) is 24.0 Å². The Balaban J connectivity index is 1.98. The SMILES string of the molecule is N#Cc1cc(NCC2CC2)ccn1. The Kier molecular flexibility index (Phi) is 2.13. The van der Waals surface area contributed by atoms with Gasteiger partial charge in [0.25, 0.3) is 0 Å². The molecule has 0 atom stereocenters. The molecule has 2 rings (SSSR count). The van der Waals surface area contributed by atoms with Gasteiger partial charge in [-0.05, 0) is 30.9 Å². The van der Waals surface area contributed by atoms with E-state index in [1.165, 1.54) is 12.8 Å². The predicted octanol–water partition coefficient (Wildman–Crippen LogP) is 1.78. The number of nitriles is 1. The van der Waals surface area contributed by atoms with Crippen LogP contribution in [0.5, 0.6) is 0 Å². The summed E-state index contributed by atoms with van der Waals surface area (Å²) in [6.07, 6.45) is 4.33. The van der Waals surface area contributed by atoms with E-state index in [1.54, 1.807) is 12.3 Å². The van der Waals surface area contributed by atoms with Gasteiger partial charge in [-0.15, -0.1) is 0 Å². The summed E-state index contributed by atoms with van der Waals surface area (Å²) in [6.45, 7) is 1.02. The number of rotatable bonds is 3. The Morgan fingerprint density at radius 1 is 1.62 bits per heavy atom. The van der Waals surface area contributed by atoms with Gasteiger partial charge in [-0.3, -0.25) is 0 Å². The van der Waals surface area contributed by atoms with Crippen molar-refractivity contribution in [1.29, 1.82) is 5.26 Å². The maximum atomic E-state index is 8.61. The molecule has 1 saturated carbocycles. The molecule has 3 heteroatoms. The van der Waals surface area contributed by atoms with Crippen molar-refractivity contribution < 1.29 is 0 Å². The van der Waals surface area contributed by atoms with Gasteiger partial charge in [0.2, 0.25) is 0 Å². The largest absolute Gasteiger partial charge is 0.385 e. The number of pyridine rings is 1. The van der Waals surface area contributed by atoms with E-state index in [4.69, 9.17) is 5.26 Å². The number of nitrogens with one attached hydrogen (secondary N) is 1. The zero-order chi connectivity index (χ0) is 9.10. The van der Waals surface area contributed by atoms with Gasteiger partial charge in [0.15, 0.2) is 0 Å². The lowest BCUT2D eigenvalue weighted by Crippen LogP contribution is -2.03. The Bertz CT molecular complexity index is 336. The molecule has 0 radical (unpaired) electrons. The molecule has 1 aliphatic carbocycles. The molecule has 0 aromatic carbocycles. The van der Waals surface area contributed by atoms with Crippen molar-refractivity contribution in [2.24, 2.45) is 5.92 Å². The van der Waals surface area contributed by atoms with Crippen molar-refractivity contribution in [2.75, 3.05) is 11.9 Å². The Morgan fingerprint density at radius 2 is 2.46 bits per heavy atom. The molecule has 1 heterocycles. The van der Waals surface area contributed by atoms with E-state index in [-0.39, 0.29) is 0 Å². The van der Waals surface area contributed by atoms with Crippen molar-refractivity contribution in [2.45, 2.75) is 12.8 Å². The van der Waals surface area contributed by atoms with E-state index >= 15 is 0 Å². The van der Waals surface area contributed by atoms with E-state index in [9.17, 15) is 0 Å². The molecule has 1 aliphatic rings. The molecule has 0 bridgehead atoms. The molecule has 0 aliphatic heterocycles. The first-order valence-corrected chi connectivity index (χ1v) is 4.48. The second kappa shape index (κ2) is 3.44. The Hall–Kier alpha value is -1.56. The average molecular weight is 173 g/mol. The summed E-state index contributed by atoms with van der Waals surface area (Å²) in [4.78, 5) is 3.90. The molecule has 1 aromatic rings. The standard InChI is InChI=1S/C10H11N3/c11-6-10-5-9(3-4-12-10)13-7-8-1-2-8/h3-5,8H,1-2,7H2,(H,12,13). The molecule has 13 heavy (non-hydrogen) atoms. The van der Waals surface area contributed by atoms with Crippen molar-refractivity contribution in [1.82, 2.24) is 4.98 Å². The third-order valence-corrected chi connectivity index (χ3v) is 2.17. The van der Waals surface area contributed by atoms with Gasteiger partial charge < -0.3 is 5.32 Å². The molecule has 1 aromatic heterocycles. The van der Waals surface area contributed by atoms with E-state index < -0.39 is 0 Å². The highest BCUT2D eigenvalue weighted by Gasteiger charge is 2.20. The summed E-state index contributed by atoms with van der Waals surface area (Å²) in [6, 6.07) is 5.69. The highest BCUT2D eigenvalue weighted by atomic mass is 14.9. The van der Waals surface area contributed by atoms with Gasteiger partial charge in [-0.25, -0.2) is 4.98 Å². The van der Waals surface area contributed by atoms with Crippen LogP contribution in [-0.4, -0.2) is 11.5 Å². The van der Waals surface area contributed by atoms with Crippen LogP contribution in [0.3, 0.4) is 0 Å². The van der Waals surface area contributed by atoms with Crippen molar-refractivity contribution in [3.8, 4) is 6.07 Å². The van der Waals surface area contributed by atoms with Crippen LogP contribution in [0, 0.1) is 17.2 Å². The summed E-state index contributed by atoms with van der Waals surface area (Å²) < 4.78 is 0. The highest BCUT2D eigenvalue weighted by molar-refractivity contribution is 5.45. The lowest BCUT2D eigenvalue weighted by Gasteiger charge is -2.03. The van der Waals surface area contributed by atoms with E-state index in [1.807, 2.05) is 12.1 Å². The van der Waals surface area contributed by atoms with Gasteiger partial charge >= 0.3 is 0 Å². The van der Waals surface area contributed by atoms with Crippen LogP contribution in [0.15, 0.2) is 18.3 Å². The average Bonchev–Trinajstić information content (AvgIpc) is 2.99. The molecular weight excluding hydrogens is 162 g/mol. The van der Waals surface area contributed by atoms with Gasteiger partial charge in [0, 0.05) is 18.4 Å². The second-order valence-electron chi connectivity index (χ2n) is 3.37. The third-order valence-electron chi connectivity index (χ3n) is 2.17. The van der Waals surface area contributed by atoms with Gasteiger partial charge in [-0.1, -0.05) is 0 Å². The number of hydrogen-bond donors (Lipinski definition) is 1. The summed E-state index contributed by atoms with van der Waals surface area (Å²) in [5.41, 5.74) is 1.47. The zero-order valence-corrected chi connectivity index (χ0v) is 7.33. The quantitative estimate of drug-likeness (QED) is 0.757. The van der Waals surface area contributed by atoms with E-state index in [0.717, 1.165) is 18.2 Å². The number of nitrogens with zero attached hydrogens (tertiary/aromatic N) is 2. The number of anilines is 1. The van der Waals surface area contributed by atoms with Crippen molar-refractivity contribution in [3.63, 3.8) is 0 Å². The Labute approximate surface area is 77.4 Å². The summed E-state index contributed by atoms with van der Waals surface area (Å²) in [5, 5.41) is 11.9.